The second-order valence-corrected chi connectivity index (χ2v) is 5.32. The zero-order valence-electron chi connectivity index (χ0n) is 8.58. The summed E-state index contributed by atoms with van der Waals surface area (Å²) in [6.07, 6.45) is 0. The first-order valence-corrected chi connectivity index (χ1v) is 6.58. The molecule has 2 aromatic carbocycles. The van der Waals surface area contributed by atoms with Gasteiger partial charge in [0.05, 0.1) is 13.6 Å². The van der Waals surface area contributed by atoms with Crippen molar-refractivity contribution in [3.8, 4) is 11.5 Å². The number of para-hydroxylation sites is 1. The molecule has 2 nitrogen and oxygen atoms in total. The van der Waals surface area contributed by atoms with E-state index in [4.69, 9.17) is 33.7 Å². The average Bonchev–Trinajstić information content (AvgIpc) is 2.25. The number of nitrogens with two attached hydrogens (primary N) is 1. The van der Waals surface area contributed by atoms with Crippen LogP contribution in [-0.2, 0) is 0 Å². The van der Waals surface area contributed by atoms with Crippen LogP contribution in [-0.4, -0.2) is 0 Å². The van der Waals surface area contributed by atoms with Crippen molar-refractivity contribution in [2.75, 3.05) is 5.73 Å². The van der Waals surface area contributed by atoms with E-state index in [-0.39, 0.29) is 0 Å². The van der Waals surface area contributed by atoms with E-state index >= 15 is 0 Å². The van der Waals surface area contributed by atoms with Gasteiger partial charge in [0.25, 0.3) is 0 Å². The number of nitrogen functional groups attached to an aromatic ring is 1. The number of hydrogen-bond acceptors (Lipinski definition) is 2. The van der Waals surface area contributed by atoms with Crippen LogP contribution >= 0.6 is 45.8 Å². The predicted molar refractivity (Wildman–Crippen MR) is 80.1 cm³/mol. The van der Waals surface area contributed by atoms with Crippen LogP contribution < -0.4 is 10.5 Å². The first-order chi connectivity index (χ1) is 8.08. The van der Waals surface area contributed by atoms with Crippen molar-refractivity contribution in [1.82, 2.24) is 0 Å². The highest BCUT2D eigenvalue weighted by Gasteiger charge is 2.11. The van der Waals surface area contributed by atoms with E-state index in [0.717, 1.165) is 3.57 Å². The second-order valence-electron chi connectivity index (χ2n) is 3.35. The fourth-order valence-electron chi connectivity index (χ4n) is 1.31. The van der Waals surface area contributed by atoms with Gasteiger partial charge in [0.15, 0.2) is 5.75 Å². The molecule has 17 heavy (non-hydrogen) atoms. The van der Waals surface area contributed by atoms with Gasteiger partial charge < -0.3 is 10.5 Å². The maximum absolute atomic E-state index is 6.05. The van der Waals surface area contributed by atoms with Crippen LogP contribution in [0.25, 0.3) is 0 Å². The maximum atomic E-state index is 6.05. The van der Waals surface area contributed by atoms with Crippen LogP contribution in [0.2, 0.25) is 10.0 Å². The largest absolute Gasteiger partial charge is 0.453 e. The van der Waals surface area contributed by atoms with Crippen LogP contribution in [0, 0.1) is 3.57 Å². The predicted octanol–water partition coefficient (Wildman–Crippen LogP) is 4.97. The molecule has 0 bridgehead atoms. The third kappa shape index (κ3) is 2.97. The fourth-order valence-corrected chi connectivity index (χ4v) is 2.39. The molecule has 0 aliphatic rings. The molecule has 0 spiro atoms. The molecule has 0 amide bonds. The molecule has 0 aliphatic carbocycles. The highest BCUT2D eigenvalue weighted by Crippen LogP contribution is 2.39. The number of halogens is 3. The van der Waals surface area contributed by atoms with E-state index in [0.29, 0.717) is 27.2 Å². The normalized spacial score (nSPS) is 10.3. The van der Waals surface area contributed by atoms with Gasteiger partial charge in [-0.05, 0) is 46.9 Å². The highest BCUT2D eigenvalue weighted by atomic mass is 127. The molecular formula is C12H8Cl2INO. The maximum Gasteiger partial charge on any atom is 0.164 e. The molecule has 0 saturated heterocycles. The Bertz CT molecular complexity index is 537. The van der Waals surface area contributed by atoms with Gasteiger partial charge in [0.1, 0.15) is 5.75 Å². The number of anilines is 1. The Balaban J connectivity index is 2.40. The van der Waals surface area contributed by atoms with Crippen LogP contribution in [0.5, 0.6) is 11.5 Å². The SMILES string of the molecule is Nc1cc(Cl)c(Oc2ccccc2I)c(Cl)c1. The zero-order chi connectivity index (χ0) is 12.4. The Morgan fingerprint density at radius 3 is 2.24 bits per heavy atom. The Hall–Kier alpha value is -0.650. The lowest BCUT2D eigenvalue weighted by atomic mass is 10.3. The van der Waals surface area contributed by atoms with E-state index in [1.54, 1.807) is 12.1 Å². The monoisotopic (exact) mass is 379 g/mol. The van der Waals surface area contributed by atoms with Crippen molar-refractivity contribution in [2.45, 2.75) is 0 Å². The molecule has 2 aromatic rings. The van der Waals surface area contributed by atoms with E-state index in [2.05, 4.69) is 22.6 Å². The lowest BCUT2D eigenvalue weighted by Gasteiger charge is -2.11. The van der Waals surface area contributed by atoms with Gasteiger partial charge in [-0.2, -0.15) is 0 Å². The van der Waals surface area contributed by atoms with Gasteiger partial charge in [-0.25, -0.2) is 0 Å². The Morgan fingerprint density at radius 1 is 1.06 bits per heavy atom. The van der Waals surface area contributed by atoms with Crippen molar-refractivity contribution in [3.05, 3.63) is 50.0 Å². The minimum atomic E-state index is 0.398. The minimum absolute atomic E-state index is 0.398. The summed E-state index contributed by atoms with van der Waals surface area (Å²) in [4.78, 5) is 0. The Morgan fingerprint density at radius 2 is 1.65 bits per heavy atom. The Kier molecular flexibility index (Phi) is 4.01. The average molecular weight is 380 g/mol. The third-order valence-corrected chi connectivity index (χ3v) is 3.52. The first-order valence-electron chi connectivity index (χ1n) is 4.75. The molecule has 0 saturated carbocycles. The van der Waals surface area contributed by atoms with Gasteiger partial charge in [0.2, 0.25) is 0 Å². The third-order valence-electron chi connectivity index (χ3n) is 2.07. The molecule has 0 aliphatic heterocycles. The fraction of sp³-hybridized carbons (Fsp3) is 0. The molecule has 0 heterocycles. The summed E-state index contributed by atoms with van der Waals surface area (Å²) in [7, 11) is 0. The van der Waals surface area contributed by atoms with Crippen LogP contribution in [0.3, 0.4) is 0 Å². The zero-order valence-corrected chi connectivity index (χ0v) is 12.3. The van der Waals surface area contributed by atoms with E-state index in [9.17, 15) is 0 Å². The summed E-state index contributed by atoms with van der Waals surface area (Å²) in [5, 5.41) is 0.796. The first kappa shape index (κ1) is 12.8. The van der Waals surface area contributed by atoms with Gasteiger partial charge in [-0.3, -0.25) is 0 Å². The molecule has 0 atom stereocenters. The Labute approximate surface area is 123 Å². The van der Waals surface area contributed by atoms with Gasteiger partial charge >= 0.3 is 0 Å². The lowest BCUT2D eigenvalue weighted by molar-refractivity contribution is 0.480. The molecule has 2 N–H and O–H groups in total. The van der Waals surface area contributed by atoms with E-state index in [1.807, 2.05) is 24.3 Å². The minimum Gasteiger partial charge on any atom is -0.453 e. The van der Waals surface area contributed by atoms with Crippen molar-refractivity contribution in [1.29, 1.82) is 0 Å². The van der Waals surface area contributed by atoms with Crippen molar-refractivity contribution in [2.24, 2.45) is 0 Å². The summed E-state index contributed by atoms with van der Waals surface area (Å²) in [6, 6.07) is 10.8. The lowest BCUT2D eigenvalue weighted by Crippen LogP contribution is -1.91. The number of benzene rings is 2. The molecule has 0 fully saturated rings. The van der Waals surface area contributed by atoms with E-state index < -0.39 is 0 Å². The number of ether oxygens (including phenoxy) is 1. The van der Waals surface area contributed by atoms with Crippen molar-refractivity contribution < 1.29 is 4.74 Å². The van der Waals surface area contributed by atoms with Crippen molar-refractivity contribution in [3.63, 3.8) is 0 Å². The standard InChI is InChI=1S/C12H8Cl2INO/c13-8-5-7(16)6-9(14)12(8)17-11-4-2-1-3-10(11)15/h1-6H,16H2. The van der Waals surface area contributed by atoms with Crippen LogP contribution in [0.4, 0.5) is 5.69 Å². The molecule has 2 rings (SSSR count). The van der Waals surface area contributed by atoms with Crippen molar-refractivity contribution >= 4 is 51.5 Å². The number of hydrogen-bond donors (Lipinski definition) is 1. The summed E-state index contributed by atoms with van der Waals surface area (Å²) < 4.78 is 6.68. The molecule has 0 unspecified atom stereocenters. The summed E-state index contributed by atoms with van der Waals surface area (Å²) in [5.41, 5.74) is 6.14. The molecular weight excluding hydrogens is 372 g/mol. The smallest absolute Gasteiger partial charge is 0.164 e. The molecule has 0 radical (unpaired) electrons. The quantitative estimate of drug-likeness (QED) is 0.590. The van der Waals surface area contributed by atoms with Crippen LogP contribution in [0.1, 0.15) is 0 Å². The van der Waals surface area contributed by atoms with Gasteiger partial charge in [0, 0.05) is 5.69 Å². The molecule has 5 heteroatoms. The number of rotatable bonds is 2. The topological polar surface area (TPSA) is 35.2 Å². The molecule has 88 valence electrons. The van der Waals surface area contributed by atoms with Gasteiger partial charge in [-0.1, -0.05) is 35.3 Å². The molecule has 0 aromatic heterocycles. The summed E-state index contributed by atoms with van der Waals surface area (Å²) >= 11 is 14.3. The van der Waals surface area contributed by atoms with E-state index in [1.165, 1.54) is 0 Å². The summed E-state index contributed by atoms with van der Waals surface area (Å²) in [5.74, 6) is 1.13. The summed E-state index contributed by atoms with van der Waals surface area (Å²) in [6.45, 7) is 0. The highest BCUT2D eigenvalue weighted by molar-refractivity contribution is 14.1. The van der Waals surface area contributed by atoms with Gasteiger partial charge in [-0.15, -0.1) is 0 Å². The van der Waals surface area contributed by atoms with Crippen LogP contribution in [0.15, 0.2) is 36.4 Å². The second kappa shape index (κ2) is 5.33.